The van der Waals surface area contributed by atoms with Crippen LogP contribution in [0.3, 0.4) is 0 Å². The number of imidazole rings is 1. The Bertz CT molecular complexity index is 1820. The number of ether oxygens (including phenoxy) is 2. The van der Waals surface area contributed by atoms with Crippen LogP contribution in [0, 0.1) is 11.8 Å². The van der Waals surface area contributed by atoms with Crippen molar-refractivity contribution in [2.75, 3.05) is 51.7 Å². The number of amides is 3. The summed E-state index contributed by atoms with van der Waals surface area (Å²) in [5, 5.41) is 5.53. The summed E-state index contributed by atoms with van der Waals surface area (Å²) in [4.78, 5) is 71.0. The molecule has 57 heavy (non-hydrogen) atoms. The van der Waals surface area contributed by atoms with E-state index < -0.39 is 17.7 Å². The maximum Gasteiger partial charge on any atom is 0.408 e. The third-order valence-electron chi connectivity index (χ3n) is 10.7. The molecule has 0 aliphatic carbocycles. The highest BCUT2D eigenvalue weighted by Gasteiger charge is 2.34. The first-order valence-corrected chi connectivity index (χ1v) is 20.4. The number of hydrogen-bond donors (Lipinski definition) is 5. The molecule has 0 unspecified atom stereocenters. The van der Waals surface area contributed by atoms with Crippen LogP contribution >= 0.6 is 0 Å². The summed E-state index contributed by atoms with van der Waals surface area (Å²) in [6, 6.07) is 7.82. The van der Waals surface area contributed by atoms with E-state index in [0.717, 1.165) is 63.7 Å². The molecule has 314 valence electrons. The molecule has 0 bridgehead atoms. The number of nitrogen functional groups attached to an aromatic ring is 1. The molecule has 17 nitrogen and oxygen atoms in total. The van der Waals surface area contributed by atoms with Crippen molar-refractivity contribution < 1.29 is 28.7 Å². The minimum absolute atomic E-state index is 0.0885. The molecule has 5 rings (SSSR count). The van der Waals surface area contributed by atoms with Crippen LogP contribution in [0.1, 0.15) is 96.6 Å². The Morgan fingerprint density at radius 3 is 2.23 bits per heavy atom. The van der Waals surface area contributed by atoms with E-state index in [1.54, 1.807) is 25.3 Å². The maximum atomic E-state index is 13.7. The molecule has 2 aliphatic rings. The third-order valence-corrected chi connectivity index (χ3v) is 10.7. The van der Waals surface area contributed by atoms with E-state index in [1.807, 2.05) is 4.90 Å². The topological polar surface area (TPSA) is 225 Å². The molecule has 2 saturated heterocycles. The highest BCUT2D eigenvalue weighted by atomic mass is 16.6. The number of hydrogen-bond acceptors (Lipinski definition) is 12. The number of unbranched alkanes of at least 4 members (excludes halogenated alkanes) is 2. The van der Waals surface area contributed by atoms with Crippen molar-refractivity contribution >= 4 is 34.9 Å². The summed E-state index contributed by atoms with van der Waals surface area (Å²) in [5.41, 5.74) is 8.16. The van der Waals surface area contributed by atoms with Gasteiger partial charge in [0, 0.05) is 26.2 Å². The van der Waals surface area contributed by atoms with E-state index in [9.17, 15) is 19.2 Å². The van der Waals surface area contributed by atoms with Gasteiger partial charge in [-0.2, -0.15) is 9.97 Å². The van der Waals surface area contributed by atoms with Crippen molar-refractivity contribution in [1.82, 2.24) is 40.0 Å². The third kappa shape index (κ3) is 12.9. The molecule has 2 aliphatic heterocycles. The number of rotatable bonds is 18. The Kier molecular flexibility index (Phi) is 15.7. The molecule has 7 N–H and O–H groups in total. The number of carbonyl (C=O) groups excluding carboxylic acids is 3. The normalized spacial score (nSPS) is 16.4. The molecule has 2 fully saturated rings. The van der Waals surface area contributed by atoms with Crippen molar-refractivity contribution in [3.05, 3.63) is 45.9 Å². The van der Waals surface area contributed by atoms with E-state index in [1.165, 1.54) is 5.56 Å². The Labute approximate surface area is 334 Å². The van der Waals surface area contributed by atoms with Gasteiger partial charge in [-0.3, -0.25) is 23.9 Å². The fraction of sp³-hybridized carbons (Fsp3) is 0.650. The number of aromatic nitrogens is 4. The lowest BCUT2D eigenvalue weighted by atomic mass is 9.78. The van der Waals surface area contributed by atoms with Gasteiger partial charge in [-0.25, -0.2) is 15.5 Å². The van der Waals surface area contributed by atoms with Crippen molar-refractivity contribution in [2.24, 2.45) is 17.7 Å². The summed E-state index contributed by atoms with van der Waals surface area (Å²) in [5.74, 6) is 5.91. The number of likely N-dealkylation sites (tertiary alicyclic amines) is 2. The zero-order valence-electron chi connectivity index (χ0n) is 34.0. The number of piperidine rings is 2. The fourth-order valence-electron chi connectivity index (χ4n) is 7.67. The number of H-pyrrole nitrogens is 1. The van der Waals surface area contributed by atoms with Gasteiger partial charge in [0.15, 0.2) is 11.5 Å². The highest BCUT2D eigenvalue weighted by molar-refractivity contribution is 5.86. The predicted octanol–water partition coefficient (Wildman–Crippen LogP) is 3.45. The molecule has 17 heteroatoms. The molecule has 2 aromatic heterocycles. The van der Waals surface area contributed by atoms with Crippen LogP contribution in [0.2, 0.25) is 0 Å². The van der Waals surface area contributed by atoms with Crippen LogP contribution in [0.15, 0.2) is 29.1 Å². The lowest BCUT2D eigenvalue weighted by molar-refractivity contribution is -0.135. The summed E-state index contributed by atoms with van der Waals surface area (Å²) >= 11 is 0. The summed E-state index contributed by atoms with van der Waals surface area (Å²) in [6.07, 6.45) is 7.06. The molecule has 0 radical (unpaired) electrons. The van der Waals surface area contributed by atoms with Crippen molar-refractivity contribution in [3.63, 3.8) is 0 Å². The van der Waals surface area contributed by atoms with Crippen molar-refractivity contribution in [3.8, 4) is 6.01 Å². The SMILES string of the molecule is CCCCOc1nc(N)c2[nH]c(=O)n(Cc3ccc(CN4CCC(C5CCN(C(=O)[C@H](CCCCNC(=O)CON)NC(=O)OC(C)(C)C)CC5)CC4)cc3)c2n1. The summed E-state index contributed by atoms with van der Waals surface area (Å²) in [7, 11) is 0. The van der Waals surface area contributed by atoms with Crippen LogP contribution in [0.4, 0.5) is 10.6 Å². The highest BCUT2D eigenvalue weighted by Crippen LogP contribution is 2.33. The lowest BCUT2D eigenvalue weighted by Crippen LogP contribution is -2.52. The first-order chi connectivity index (χ1) is 27.3. The first kappa shape index (κ1) is 43.4. The van der Waals surface area contributed by atoms with Crippen molar-refractivity contribution in [2.45, 2.75) is 110 Å². The maximum absolute atomic E-state index is 13.7. The van der Waals surface area contributed by atoms with Crippen LogP contribution in [0.25, 0.3) is 11.2 Å². The quantitative estimate of drug-likeness (QED) is 0.0923. The standard InChI is InChI=1S/C40H62N10O7/c1-5-6-23-55-37-46-34(41)33-35(47-37)50(38(53)45-33)25-28-12-10-27(11-13-28)24-48-19-14-29(15-20-48)30-16-21-49(22-17-30)36(52)31(44-39(54)57-40(2,3)4)9-7-8-18-43-32(51)26-56-42/h10-13,29-31H,5-9,14-26,42H2,1-4H3,(H,43,51)(H,44,54)(H,45,53)(H2,41,46,47)/t31-/m0/s1. The van der Waals surface area contributed by atoms with Gasteiger partial charge < -0.3 is 35.7 Å². The zero-order chi connectivity index (χ0) is 41.0. The molecule has 1 atom stereocenters. The molecular weight excluding hydrogens is 733 g/mol. The number of fused-ring (bicyclic) bond motifs is 1. The Morgan fingerprint density at radius 1 is 0.947 bits per heavy atom. The van der Waals surface area contributed by atoms with E-state index in [-0.39, 0.29) is 35.9 Å². The predicted molar refractivity (Wildman–Crippen MR) is 216 cm³/mol. The van der Waals surface area contributed by atoms with Gasteiger partial charge in [0.05, 0.1) is 13.2 Å². The van der Waals surface area contributed by atoms with Crippen LogP contribution in [-0.4, -0.2) is 105 Å². The van der Waals surface area contributed by atoms with Crippen LogP contribution in [0.5, 0.6) is 6.01 Å². The van der Waals surface area contributed by atoms with Gasteiger partial charge in [0.2, 0.25) is 11.8 Å². The van der Waals surface area contributed by atoms with Gasteiger partial charge in [0.1, 0.15) is 23.8 Å². The zero-order valence-corrected chi connectivity index (χ0v) is 34.0. The Morgan fingerprint density at radius 2 is 1.60 bits per heavy atom. The summed E-state index contributed by atoms with van der Waals surface area (Å²) in [6.45, 7) is 12.7. The number of nitrogens with one attached hydrogen (secondary N) is 3. The van der Waals surface area contributed by atoms with Gasteiger partial charge in [-0.05, 0) is 108 Å². The number of alkyl carbamates (subject to hydrolysis) is 1. The second-order valence-electron chi connectivity index (χ2n) is 16.3. The fourth-order valence-corrected chi connectivity index (χ4v) is 7.67. The second-order valence-corrected chi connectivity index (χ2v) is 16.3. The smallest absolute Gasteiger partial charge is 0.408 e. The molecule has 3 amide bonds. The number of nitrogens with zero attached hydrogens (tertiary/aromatic N) is 5. The van der Waals surface area contributed by atoms with Gasteiger partial charge in [-0.15, -0.1) is 0 Å². The van der Waals surface area contributed by atoms with Gasteiger partial charge >= 0.3 is 17.8 Å². The molecule has 1 aromatic carbocycles. The van der Waals surface area contributed by atoms with E-state index in [2.05, 4.69) is 66.5 Å². The van der Waals surface area contributed by atoms with Crippen LogP contribution < -0.4 is 32.7 Å². The minimum atomic E-state index is -0.703. The molecular formula is C40H62N10O7. The monoisotopic (exact) mass is 794 g/mol. The average molecular weight is 795 g/mol. The van der Waals surface area contributed by atoms with E-state index >= 15 is 0 Å². The summed E-state index contributed by atoms with van der Waals surface area (Å²) < 4.78 is 12.7. The molecule has 3 aromatic rings. The first-order valence-electron chi connectivity index (χ1n) is 20.4. The van der Waals surface area contributed by atoms with Gasteiger partial charge in [0.25, 0.3) is 0 Å². The number of carbonyl (C=O) groups is 3. The molecule has 4 heterocycles. The number of benzene rings is 1. The largest absolute Gasteiger partial charge is 0.463 e. The Balaban J connectivity index is 1.07. The second kappa shape index (κ2) is 20.6. The van der Waals surface area contributed by atoms with E-state index in [0.29, 0.717) is 75.0 Å². The molecule has 0 saturated carbocycles. The number of nitrogens with two attached hydrogens (primary N) is 2. The van der Waals surface area contributed by atoms with Crippen LogP contribution in [-0.2, 0) is 32.3 Å². The number of aromatic amines is 1. The Hall–Kier alpha value is -4.74. The number of anilines is 1. The van der Waals surface area contributed by atoms with Gasteiger partial charge in [-0.1, -0.05) is 37.6 Å². The van der Waals surface area contributed by atoms with E-state index in [4.69, 9.17) is 21.1 Å². The van der Waals surface area contributed by atoms with Crippen molar-refractivity contribution in [1.29, 1.82) is 0 Å². The minimum Gasteiger partial charge on any atom is -0.463 e. The molecule has 0 spiro atoms. The lowest BCUT2D eigenvalue weighted by Gasteiger charge is -2.41. The average Bonchev–Trinajstić information content (AvgIpc) is 3.49.